The Morgan fingerprint density at radius 3 is 2.57 bits per heavy atom. The third-order valence-corrected chi connectivity index (χ3v) is 4.94. The molecule has 4 nitrogen and oxygen atoms in total. The summed E-state index contributed by atoms with van der Waals surface area (Å²) in [5, 5.41) is 0. The van der Waals surface area contributed by atoms with Crippen molar-refractivity contribution in [1.29, 1.82) is 0 Å². The molecular formula is C16H22O4S. The first-order valence-corrected chi connectivity index (χ1v) is 8.25. The second-order valence-corrected chi connectivity index (χ2v) is 6.41. The van der Waals surface area contributed by atoms with Crippen LogP contribution in [0.1, 0.15) is 19.3 Å². The zero-order valence-electron chi connectivity index (χ0n) is 12.6. The van der Waals surface area contributed by atoms with Gasteiger partial charge in [-0.3, -0.25) is 4.79 Å². The largest absolute Gasteiger partial charge is 0.493 e. The molecule has 1 aromatic carbocycles. The van der Waals surface area contributed by atoms with Gasteiger partial charge in [-0.15, -0.1) is 0 Å². The molecule has 2 rings (SSSR count). The van der Waals surface area contributed by atoms with Gasteiger partial charge < -0.3 is 14.2 Å². The lowest BCUT2D eigenvalue weighted by molar-refractivity contribution is -0.141. The van der Waals surface area contributed by atoms with Gasteiger partial charge in [0.1, 0.15) is 0 Å². The van der Waals surface area contributed by atoms with Crippen LogP contribution < -0.4 is 9.47 Å². The molecule has 116 valence electrons. The Morgan fingerprint density at radius 2 is 1.95 bits per heavy atom. The number of hydrogen-bond donors (Lipinski definition) is 0. The minimum atomic E-state index is -0.0987. The van der Waals surface area contributed by atoms with Gasteiger partial charge in [-0.05, 0) is 36.1 Å². The van der Waals surface area contributed by atoms with Crippen LogP contribution in [-0.4, -0.2) is 38.3 Å². The van der Waals surface area contributed by atoms with Crippen LogP contribution in [0, 0.1) is 5.41 Å². The van der Waals surface area contributed by atoms with E-state index in [0.717, 1.165) is 35.8 Å². The summed E-state index contributed by atoms with van der Waals surface area (Å²) in [7, 11) is 3.09. The first kappa shape index (κ1) is 16.0. The molecule has 1 aliphatic rings. The van der Waals surface area contributed by atoms with Crippen LogP contribution in [0.2, 0.25) is 0 Å². The van der Waals surface area contributed by atoms with Crippen molar-refractivity contribution in [2.75, 3.05) is 32.3 Å². The molecule has 0 amide bonds. The molecule has 0 atom stereocenters. The van der Waals surface area contributed by atoms with Gasteiger partial charge in [-0.2, -0.15) is 11.8 Å². The van der Waals surface area contributed by atoms with Crippen LogP contribution in [0.3, 0.4) is 0 Å². The highest BCUT2D eigenvalue weighted by atomic mass is 32.2. The van der Waals surface area contributed by atoms with Crippen LogP contribution in [0.5, 0.6) is 11.5 Å². The first-order chi connectivity index (χ1) is 10.2. The molecule has 1 aromatic rings. The van der Waals surface area contributed by atoms with E-state index >= 15 is 0 Å². The van der Waals surface area contributed by atoms with E-state index in [2.05, 4.69) is 0 Å². The van der Waals surface area contributed by atoms with Crippen LogP contribution in [-0.2, 0) is 9.53 Å². The number of hydrogen-bond acceptors (Lipinski definition) is 5. The van der Waals surface area contributed by atoms with Crippen molar-refractivity contribution in [3.63, 3.8) is 0 Å². The van der Waals surface area contributed by atoms with Crippen molar-refractivity contribution in [3.05, 3.63) is 24.3 Å². The minimum absolute atomic E-state index is 0.0987. The third kappa shape index (κ3) is 4.84. The number of carbonyl (C=O) groups is 1. The molecule has 0 radical (unpaired) electrons. The van der Waals surface area contributed by atoms with E-state index in [-0.39, 0.29) is 11.4 Å². The fourth-order valence-corrected chi connectivity index (χ4v) is 3.33. The molecule has 1 saturated carbocycles. The number of ether oxygens (including phenoxy) is 3. The monoisotopic (exact) mass is 310 g/mol. The number of para-hydroxylation sites is 2. The van der Waals surface area contributed by atoms with Gasteiger partial charge in [0.05, 0.1) is 27.2 Å². The Bertz CT molecular complexity index is 471. The second kappa shape index (κ2) is 7.59. The Hall–Kier alpha value is -1.36. The summed E-state index contributed by atoms with van der Waals surface area (Å²) in [6.07, 6.45) is 2.80. The van der Waals surface area contributed by atoms with E-state index in [1.54, 1.807) is 7.11 Å². The highest BCUT2D eigenvalue weighted by Crippen LogP contribution is 2.51. The molecule has 1 fully saturated rings. The van der Waals surface area contributed by atoms with Crippen molar-refractivity contribution in [2.24, 2.45) is 5.41 Å². The van der Waals surface area contributed by atoms with Gasteiger partial charge in [0.15, 0.2) is 11.5 Å². The average molecular weight is 310 g/mol. The van der Waals surface area contributed by atoms with Crippen LogP contribution in [0.25, 0.3) is 0 Å². The van der Waals surface area contributed by atoms with E-state index in [1.807, 2.05) is 36.0 Å². The Morgan fingerprint density at radius 1 is 1.24 bits per heavy atom. The molecule has 0 spiro atoms. The van der Waals surface area contributed by atoms with E-state index < -0.39 is 0 Å². The fraction of sp³-hybridized carbons (Fsp3) is 0.562. The summed E-state index contributed by atoms with van der Waals surface area (Å²) in [6.45, 7) is 0.638. The van der Waals surface area contributed by atoms with E-state index in [9.17, 15) is 4.79 Å². The fourth-order valence-electron chi connectivity index (χ4n) is 2.16. The molecule has 5 heteroatoms. The van der Waals surface area contributed by atoms with E-state index in [4.69, 9.17) is 14.2 Å². The van der Waals surface area contributed by atoms with Gasteiger partial charge in [-0.1, -0.05) is 12.1 Å². The summed E-state index contributed by atoms with van der Waals surface area (Å²) in [6, 6.07) is 7.64. The predicted octanol–water partition coefficient (Wildman–Crippen LogP) is 3.15. The standard InChI is InChI=1S/C16H22O4S/c1-18-13-5-3-4-6-14(13)20-9-10-21-12-16(7-8-16)11-15(17)19-2/h3-6H,7-12H2,1-2H3. The molecule has 0 bridgehead atoms. The van der Waals surface area contributed by atoms with Crippen molar-refractivity contribution in [1.82, 2.24) is 0 Å². The summed E-state index contributed by atoms with van der Waals surface area (Å²) in [5.74, 6) is 3.33. The summed E-state index contributed by atoms with van der Waals surface area (Å²) >= 11 is 1.83. The molecular weight excluding hydrogens is 288 g/mol. The lowest BCUT2D eigenvalue weighted by Gasteiger charge is -2.14. The van der Waals surface area contributed by atoms with Gasteiger partial charge in [0.2, 0.25) is 0 Å². The van der Waals surface area contributed by atoms with Crippen molar-refractivity contribution in [3.8, 4) is 11.5 Å². The number of methoxy groups -OCH3 is 2. The highest BCUT2D eigenvalue weighted by molar-refractivity contribution is 7.99. The normalized spacial score (nSPS) is 15.3. The number of rotatable bonds is 9. The SMILES string of the molecule is COC(=O)CC1(CSCCOc2ccccc2OC)CC1. The number of carbonyl (C=O) groups excluding carboxylic acids is 1. The molecule has 0 aliphatic heterocycles. The van der Waals surface area contributed by atoms with Gasteiger partial charge in [0.25, 0.3) is 0 Å². The Balaban J connectivity index is 1.65. The van der Waals surface area contributed by atoms with Gasteiger partial charge in [-0.25, -0.2) is 0 Å². The van der Waals surface area contributed by atoms with Crippen LogP contribution in [0.4, 0.5) is 0 Å². The number of esters is 1. The molecule has 0 N–H and O–H groups in total. The predicted molar refractivity (Wildman–Crippen MR) is 84.1 cm³/mol. The van der Waals surface area contributed by atoms with Gasteiger partial charge in [0, 0.05) is 5.75 Å². The molecule has 0 heterocycles. The van der Waals surface area contributed by atoms with Crippen LogP contribution >= 0.6 is 11.8 Å². The summed E-state index contributed by atoms with van der Waals surface area (Å²) in [5.41, 5.74) is 0.183. The minimum Gasteiger partial charge on any atom is -0.493 e. The van der Waals surface area contributed by atoms with E-state index in [1.165, 1.54) is 7.11 Å². The summed E-state index contributed by atoms with van der Waals surface area (Å²) in [4.78, 5) is 11.3. The topological polar surface area (TPSA) is 44.8 Å². The maximum Gasteiger partial charge on any atom is 0.306 e. The van der Waals surface area contributed by atoms with Crippen molar-refractivity contribution < 1.29 is 19.0 Å². The molecule has 0 saturated heterocycles. The zero-order valence-corrected chi connectivity index (χ0v) is 13.4. The highest BCUT2D eigenvalue weighted by Gasteiger charge is 2.44. The molecule has 0 unspecified atom stereocenters. The van der Waals surface area contributed by atoms with E-state index in [0.29, 0.717) is 13.0 Å². The molecule has 1 aliphatic carbocycles. The lowest BCUT2D eigenvalue weighted by atomic mass is 10.1. The molecule has 0 aromatic heterocycles. The average Bonchev–Trinajstić information content (AvgIpc) is 3.27. The summed E-state index contributed by atoms with van der Waals surface area (Å²) < 4.78 is 15.7. The van der Waals surface area contributed by atoms with Gasteiger partial charge >= 0.3 is 5.97 Å². The van der Waals surface area contributed by atoms with Crippen LogP contribution in [0.15, 0.2) is 24.3 Å². The molecule has 21 heavy (non-hydrogen) atoms. The quantitative estimate of drug-likeness (QED) is 0.518. The Kier molecular flexibility index (Phi) is 5.79. The number of benzene rings is 1. The van der Waals surface area contributed by atoms with Crippen molar-refractivity contribution >= 4 is 17.7 Å². The Labute approximate surface area is 130 Å². The zero-order chi connectivity index (χ0) is 15.1. The first-order valence-electron chi connectivity index (χ1n) is 7.09. The maximum absolute atomic E-state index is 11.3. The third-order valence-electron chi connectivity index (χ3n) is 3.67. The lowest BCUT2D eigenvalue weighted by Crippen LogP contribution is -2.14. The number of thioether (sulfide) groups is 1. The van der Waals surface area contributed by atoms with Crippen molar-refractivity contribution in [2.45, 2.75) is 19.3 Å². The smallest absolute Gasteiger partial charge is 0.306 e. The second-order valence-electron chi connectivity index (χ2n) is 5.30. The maximum atomic E-state index is 11.3.